The zero-order chi connectivity index (χ0) is 42.6. The maximum absolute atomic E-state index is 12.7. The number of aliphatic hydroxyl groups is 1. The topological polar surface area (TPSA) is 173 Å². The number of carbonyl (C=O) groups is 2. The van der Waals surface area contributed by atoms with Crippen LogP contribution in [0, 0.1) is 10.1 Å². The van der Waals surface area contributed by atoms with Crippen LogP contribution in [0.1, 0.15) is 73.2 Å². The van der Waals surface area contributed by atoms with E-state index in [1.54, 1.807) is 24.3 Å². The number of unbranched alkanes of at least 4 members (excludes halogenated alkanes) is 2. The molecule has 5 aromatic carbocycles. The van der Waals surface area contributed by atoms with E-state index in [0.29, 0.717) is 50.0 Å². The van der Waals surface area contributed by atoms with Crippen molar-refractivity contribution in [1.29, 1.82) is 0 Å². The number of nitro benzene ring substituents is 1. The van der Waals surface area contributed by atoms with Crippen molar-refractivity contribution in [2.45, 2.75) is 70.2 Å². The zero-order valence-electron chi connectivity index (χ0n) is 34.3. The molecule has 0 bridgehead atoms. The zero-order valence-corrected chi connectivity index (χ0v) is 34.3. The van der Waals surface area contributed by atoms with E-state index >= 15 is 0 Å². The molecule has 2 fully saturated rings. The van der Waals surface area contributed by atoms with E-state index in [0.717, 1.165) is 78.2 Å². The highest BCUT2D eigenvalue weighted by Gasteiger charge is 2.34. The number of aliphatic hydroxyl groups excluding tert-OH is 1. The summed E-state index contributed by atoms with van der Waals surface area (Å²) in [5, 5.41) is 26.7. The lowest BCUT2D eigenvalue weighted by Gasteiger charge is -2.41. The second kappa shape index (κ2) is 20.9. The normalized spacial score (nSPS) is 18.0. The van der Waals surface area contributed by atoms with Gasteiger partial charge in [0, 0.05) is 81.9 Å². The summed E-state index contributed by atoms with van der Waals surface area (Å²) in [6.45, 7) is 4.37. The van der Waals surface area contributed by atoms with Gasteiger partial charge in [0.15, 0.2) is 6.29 Å². The number of hydrogen-bond donors (Lipinski definition) is 4. The van der Waals surface area contributed by atoms with Gasteiger partial charge < -0.3 is 35.8 Å². The van der Waals surface area contributed by atoms with Crippen LogP contribution in [0.5, 0.6) is 0 Å². The quantitative estimate of drug-likeness (QED) is 0.0313. The van der Waals surface area contributed by atoms with Crippen molar-refractivity contribution in [3.05, 3.63) is 154 Å². The van der Waals surface area contributed by atoms with E-state index in [9.17, 15) is 24.8 Å². The molecule has 0 unspecified atom stereocenters. The standard InChI is InChI=1S/C48H54N6O7/c49-43-12-4-5-13-44(43)51-47(57)15-3-1-2-14-46(56)50-31-35-8-6-9-37(28-35)38-10-7-11-39(29-38)48-60-42(30-45(61-48)36-18-16-34(33-55)17-19-36)32-52-24-26-53(27-25-52)40-20-22-41(23-21-40)54(58)59/h4-13,16-23,28-29,42,45,48,55H,1-3,14-15,24-27,30-33,49H2,(H,50,56)(H,51,57)/t42-,45+,48+/m1/s1. The Balaban J connectivity index is 0.934. The molecule has 318 valence electrons. The monoisotopic (exact) mass is 826 g/mol. The van der Waals surface area contributed by atoms with Gasteiger partial charge in [0.05, 0.1) is 35.1 Å². The van der Waals surface area contributed by atoms with Crippen molar-refractivity contribution in [3.8, 4) is 11.1 Å². The second-order valence-electron chi connectivity index (χ2n) is 15.7. The van der Waals surface area contributed by atoms with Crippen LogP contribution in [-0.4, -0.2) is 65.6 Å². The third-order valence-corrected chi connectivity index (χ3v) is 11.3. The molecule has 0 aromatic heterocycles. The number of rotatable bonds is 17. The number of nitrogens with two attached hydrogens (primary N) is 1. The highest BCUT2D eigenvalue weighted by atomic mass is 16.7. The molecule has 3 atom stereocenters. The van der Waals surface area contributed by atoms with Gasteiger partial charge in [-0.1, -0.05) is 79.2 Å². The van der Waals surface area contributed by atoms with E-state index < -0.39 is 6.29 Å². The Morgan fingerprint density at radius 2 is 1.46 bits per heavy atom. The fourth-order valence-electron chi connectivity index (χ4n) is 7.88. The first kappa shape index (κ1) is 43.0. The second-order valence-corrected chi connectivity index (χ2v) is 15.7. The minimum atomic E-state index is -0.609. The molecular weight excluding hydrogens is 773 g/mol. The van der Waals surface area contributed by atoms with Crippen LogP contribution in [0.25, 0.3) is 11.1 Å². The lowest BCUT2D eigenvalue weighted by atomic mass is 9.98. The van der Waals surface area contributed by atoms with Crippen LogP contribution in [-0.2, 0) is 32.2 Å². The van der Waals surface area contributed by atoms with Crippen molar-refractivity contribution in [2.75, 3.05) is 48.7 Å². The Morgan fingerprint density at radius 3 is 2.18 bits per heavy atom. The fourth-order valence-corrected chi connectivity index (χ4v) is 7.88. The Bertz CT molecular complexity index is 2240. The predicted octanol–water partition coefficient (Wildman–Crippen LogP) is 7.91. The summed E-state index contributed by atoms with van der Waals surface area (Å²) in [5.74, 6) is -0.113. The van der Waals surface area contributed by atoms with E-state index in [1.807, 2.05) is 72.8 Å². The van der Waals surface area contributed by atoms with Crippen LogP contribution in [0.2, 0.25) is 0 Å². The molecule has 5 N–H and O–H groups in total. The van der Waals surface area contributed by atoms with Crippen molar-refractivity contribution >= 4 is 34.6 Å². The number of para-hydroxylation sites is 2. The SMILES string of the molecule is Nc1ccccc1NC(=O)CCCCCC(=O)NCc1cccc(-c2cccc([C@H]3O[C@@H](CN4CCN(c5ccc([N+](=O)[O-])cc5)CC4)C[C@@H](c4ccc(CO)cc4)O3)c2)c1. The van der Waals surface area contributed by atoms with Crippen LogP contribution in [0.4, 0.5) is 22.7 Å². The number of non-ortho nitro benzene ring substituents is 1. The van der Waals surface area contributed by atoms with Crippen LogP contribution in [0.3, 0.4) is 0 Å². The van der Waals surface area contributed by atoms with Gasteiger partial charge in [-0.3, -0.25) is 24.6 Å². The molecule has 0 aliphatic carbocycles. The third-order valence-electron chi connectivity index (χ3n) is 11.3. The molecule has 61 heavy (non-hydrogen) atoms. The van der Waals surface area contributed by atoms with Crippen molar-refractivity contribution in [1.82, 2.24) is 10.2 Å². The van der Waals surface area contributed by atoms with Gasteiger partial charge in [-0.2, -0.15) is 0 Å². The molecule has 2 aliphatic heterocycles. The maximum Gasteiger partial charge on any atom is 0.269 e. The number of nitrogen functional groups attached to an aromatic ring is 1. The summed E-state index contributed by atoms with van der Waals surface area (Å²) >= 11 is 0. The number of nitro groups is 1. The molecule has 0 spiro atoms. The Kier molecular flexibility index (Phi) is 14.7. The molecule has 2 saturated heterocycles. The van der Waals surface area contributed by atoms with Crippen LogP contribution in [0.15, 0.2) is 121 Å². The first-order chi connectivity index (χ1) is 29.7. The fraction of sp³-hybridized carbons (Fsp3) is 0.333. The summed E-state index contributed by atoms with van der Waals surface area (Å²) < 4.78 is 13.4. The number of ether oxygens (including phenoxy) is 2. The molecule has 7 rings (SSSR count). The van der Waals surface area contributed by atoms with Gasteiger partial charge in [0.1, 0.15) is 0 Å². The van der Waals surface area contributed by atoms with Gasteiger partial charge in [0.25, 0.3) is 5.69 Å². The Hall–Kier alpha value is -6.12. The summed E-state index contributed by atoms with van der Waals surface area (Å²) in [6, 6.07) is 38.2. The molecule has 13 nitrogen and oxygen atoms in total. The molecule has 2 aliphatic rings. The van der Waals surface area contributed by atoms with Gasteiger partial charge in [-0.05, 0) is 77.1 Å². The highest BCUT2D eigenvalue weighted by Crippen LogP contribution is 2.39. The first-order valence-corrected chi connectivity index (χ1v) is 21.0. The third kappa shape index (κ3) is 12.0. The maximum atomic E-state index is 12.7. The molecule has 2 amide bonds. The van der Waals surface area contributed by atoms with Gasteiger partial charge in [-0.15, -0.1) is 0 Å². The Morgan fingerprint density at radius 1 is 0.754 bits per heavy atom. The summed E-state index contributed by atoms with van der Waals surface area (Å²) in [5.41, 5.74) is 13.9. The minimum absolute atomic E-state index is 0.0259. The van der Waals surface area contributed by atoms with Crippen molar-refractivity contribution in [2.24, 2.45) is 0 Å². The number of amides is 2. The molecule has 2 heterocycles. The van der Waals surface area contributed by atoms with E-state index in [2.05, 4.69) is 44.7 Å². The lowest BCUT2D eigenvalue weighted by Crippen LogP contribution is -2.49. The highest BCUT2D eigenvalue weighted by molar-refractivity contribution is 5.93. The largest absolute Gasteiger partial charge is 0.397 e. The molecule has 5 aromatic rings. The first-order valence-electron chi connectivity index (χ1n) is 21.0. The van der Waals surface area contributed by atoms with Gasteiger partial charge >= 0.3 is 0 Å². The number of carbonyl (C=O) groups excluding carboxylic acids is 2. The molecular formula is C48H54N6O7. The Labute approximate surface area is 356 Å². The number of nitrogens with one attached hydrogen (secondary N) is 2. The molecule has 13 heteroatoms. The number of anilines is 3. The smallest absolute Gasteiger partial charge is 0.269 e. The summed E-state index contributed by atoms with van der Waals surface area (Å²) in [6.07, 6.45) is 2.66. The number of benzene rings is 5. The minimum Gasteiger partial charge on any atom is -0.397 e. The van der Waals surface area contributed by atoms with E-state index in [4.69, 9.17) is 15.2 Å². The van der Waals surface area contributed by atoms with Crippen LogP contribution < -0.4 is 21.3 Å². The lowest BCUT2D eigenvalue weighted by molar-refractivity contribution is -0.384. The average molecular weight is 827 g/mol. The van der Waals surface area contributed by atoms with Crippen molar-refractivity contribution in [3.63, 3.8) is 0 Å². The predicted molar refractivity (Wildman–Crippen MR) is 236 cm³/mol. The molecule has 0 radical (unpaired) electrons. The van der Waals surface area contributed by atoms with Crippen LogP contribution >= 0.6 is 0 Å². The van der Waals surface area contributed by atoms with Gasteiger partial charge in [-0.25, -0.2) is 0 Å². The van der Waals surface area contributed by atoms with Crippen molar-refractivity contribution < 1.29 is 29.1 Å². The number of nitrogens with zero attached hydrogens (tertiary/aromatic N) is 3. The molecule has 0 saturated carbocycles. The number of piperazine rings is 1. The van der Waals surface area contributed by atoms with Gasteiger partial charge in [0.2, 0.25) is 11.8 Å². The summed E-state index contributed by atoms with van der Waals surface area (Å²) in [4.78, 5) is 40.4. The number of hydrogen-bond acceptors (Lipinski definition) is 10. The van der Waals surface area contributed by atoms with E-state index in [1.165, 1.54) is 0 Å². The van der Waals surface area contributed by atoms with E-state index in [-0.39, 0.29) is 41.2 Å². The average Bonchev–Trinajstić information content (AvgIpc) is 3.29. The summed E-state index contributed by atoms with van der Waals surface area (Å²) in [7, 11) is 0.